The van der Waals surface area contributed by atoms with Crippen molar-refractivity contribution in [1.29, 1.82) is 0 Å². The molecule has 2 aromatic carbocycles. The largest absolute Gasteiger partial charge is 0.419 e. The van der Waals surface area contributed by atoms with Crippen molar-refractivity contribution in [3.8, 4) is 0 Å². The van der Waals surface area contributed by atoms with Gasteiger partial charge in [-0.2, -0.15) is 0 Å². The number of oxazole rings is 1. The first-order valence-corrected chi connectivity index (χ1v) is 10.3. The lowest BCUT2D eigenvalue weighted by Gasteiger charge is -2.18. The van der Waals surface area contributed by atoms with Gasteiger partial charge >= 0.3 is 5.76 Å². The Balaban J connectivity index is 1.57. The summed E-state index contributed by atoms with van der Waals surface area (Å²) in [6.07, 6.45) is 0.530. The Bertz CT molecular complexity index is 1190. The number of aromatic nitrogens is 1. The van der Waals surface area contributed by atoms with Gasteiger partial charge in [0.2, 0.25) is 5.91 Å². The quantitative estimate of drug-likeness (QED) is 0.401. The Labute approximate surface area is 183 Å². The lowest BCUT2D eigenvalue weighted by atomic mass is 10.1. The van der Waals surface area contributed by atoms with Gasteiger partial charge in [-0.15, -0.1) is 0 Å². The highest BCUT2D eigenvalue weighted by Gasteiger charge is 2.15. The van der Waals surface area contributed by atoms with E-state index in [4.69, 9.17) is 4.42 Å². The summed E-state index contributed by atoms with van der Waals surface area (Å²) in [7, 11) is 0. The zero-order valence-electron chi connectivity index (χ0n) is 17.9. The van der Waals surface area contributed by atoms with Crippen molar-refractivity contribution in [1.82, 2.24) is 9.47 Å². The van der Waals surface area contributed by atoms with E-state index in [1.807, 2.05) is 13.8 Å². The van der Waals surface area contributed by atoms with Crippen LogP contribution in [0.1, 0.15) is 37.0 Å². The third-order valence-corrected chi connectivity index (χ3v) is 5.11. The molecule has 3 aromatic rings. The normalized spacial score (nSPS) is 10.8. The maximum absolute atomic E-state index is 12.3. The molecule has 0 saturated carbocycles. The Morgan fingerprint density at radius 3 is 2.44 bits per heavy atom. The molecule has 0 spiro atoms. The fourth-order valence-electron chi connectivity index (χ4n) is 3.39. The number of carbonyl (C=O) groups is 2. The first-order valence-electron chi connectivity index (χ1n) is 10.3. The predicted molar refractivity (Wildman–Crippen MR) is 119 cm³/mol. The van der Waals surface area contributed by atoms with E-state index < -0.39 is 10.7 Å². The van der Waals surface area contributed by atoms with Crippen LogP contribution < -0.4 is 11.1 Å². The van der Waals surface area contributed by atoms with E-state index in [0.29, 0.717) is 36.3 Å². The van der Waals surface area contributed by atoms with Crippen LogP contribution in [0.4, 0.5) is 11.4 Å². The van der Waals surface area contributed by atoms with Crippen molar-refractivity contribution in [2.45, 2.75) is 33.2 Å². The summed E-state index contributed by atoms with van der Waals surface area (Å²) >= 11 is 0. The molecule has 0 aliphatic rings. The summed E-state index contributed by atoms with van der Waals surface area (Å²) in [5.41, 5.74) is 1.53. The standard InChI is InChI=1S/C22H24N4O6/c1-3-24(4-2)21(28)15-7-9-16(10-8-15)23-20(27)6-5-13-25-18-12-11-17(26(30)31)14-19(18)32-22(25)29/h7-12,14H,3-6,13H2,1-2H3,(H,23,27). The van der Waals surface area contributed by atoms with Gasteiger partial charge in [0.1, 0.15) is 0 Å². The highest BCUT2D eigenvalue weighted by molar-refractivity contribution is 5.95. The summed E-state index contributed by atoms with van der Waals surface area (Å²) in [6.45, 7) is 5.31. The van der Waals surface area contributed by atoms with E-state index in [-0.39, 0.29) is 36.1 Å². The summed E-state index contributed by atoms with van der Waals surface area (Å²) in [6, 6.07) is 10.7. The fraction of sp³-hybridized carbons (Fsp3) is 0.318. The fourth-order valence-corrected chi connectivity index (χ4v) is 3.39. The maximum Gasteiger partial charge on any atom is 0.419 e. The van der Waals surface area contributed by atoms with Crippen LogP contribution >= 0.6 is 0 Å². The van der Waals surface area contributed by atoms with Crippen molar-refractivity contribution in [3.05, 3.63) is 68.7 Å². The number of amides is 2. The second-order valence-corrected chi connectivity index (χ2v) is 7.14. The van der Waals surface area contributed by atoms with E-state index in [1.54, 1.807) is 29.2 Å². The number of carbonyl (C=O) groups excluding carboxylic acids is 2. The Morgan fingerprint density at radius 1 is 1.12 bits per heavy atom. The summed E-state index contributed by atoms with van der Waals surface area (Å²) < 4.78 is 6.43. The predicted octanol–water partition coefficient (Wildman–Crippen LogP) is 3.40. The zero-order valence-corrected chi connectivity index (χ0v) is 17.9. The number of benzene rings is 2. The van der Waals surface area contributed by atoms with E-state index in [0.717, 1.165) is 0 Å². The van der Waals surface area contributed by atoms with Crippen molar-refractivity contribution >= 4 is 34.3 Å². The number of hydrogen-bond acceptors (Lipinski definition) is 6. The number of nitro benzene ring substituents is 1. The molecule has 10 nitrogen and oxygen atoms in total. The molecule has 0 atom stereocenters. The van der Waals surface area contributed by atoms with Gasteiger partial charge in [-0.1, -0.05) is 0 Å². The second kappa shape index (κ2) is 9.90. The van der Waals surface area contributed by atoms with Crippen molar-refractivity contribution in [2.24, 2.45) is 0 Å². The van der Waals surface area contributed by atoms with E-state index in [9.17, 15) is 24.5 Å². The molecule has 2 amide bonds. The smallest absolute Gasteiger partial charge is 0.407 e. The second-order valence-electron chi connectivity index (χ2n) is 7.14. The van der Waals surface area contributed by atoms with Gasteiger partial charge < -0.3 is 14.6 Å². The number of nitrogens with one attached hydrogen (secondary N) is 1. The number of fused-ring (bicyclic) bond motifs is 1. The molecular formula is C22H24N4O6. The average Bonchev–Trinajstić information content (AvgIpc) is 3.09. The Kier molecular flexibility index (Phi) is 7.04. The SMILES string of the molecule is CCN(CC)C(=O)c1ccc(NC(=O)CCCn2c(=O)oc3cc([N+](=O)[O-])ccc32)cc1. The molecule has 3 rings (SSSR count). The minimum Gasteiger partial charge on any atom is -0.407 e. The molecule has 0 unspecified atom stereocenters. The summed E-state index contributed by atoms with van der Waals surface area (Å²) in [4.78, 5) is 48.7. The van der Waals surface area contributed by atoms with E-state index in [2.05, 4.69) is 5.32 Å². The zero-order chi connectivity index (χ0) is 23.3. The molecule has 0 fully saturated rings. The lowest BCUT2D eigenvalue weighted by molar-refractivity contribution is -0.384. The molecule has 0 radical (unpaired) electrons. The minimum atomic E-state index is -0.630. The number of nitro groups is 1. The topological polar surface area (TPSA) is 128 Å². The molecule has 1 heterocycles. The Morgan fingerprint density at radius 2 is 1.81 bits per heavy atom. The molecule has 32 heavy (non-hydrogen) atoms. The van der Waals surface area contributed by atoms with Crippen molar-refractivity contribution in [2.75, 3.05) is 18.4 Å². The highest BCUT2D eigenvalue weighted by atomic mass is 16.6. The van der Waals surface area contributed by atoms with Crippen LogP contribution in [0.3, 0.4) is 0 Å². The maximum atomic E-state index is 12.3. The van der Waals surface area contributed by atoms with Gasteiger partial charge in [0.25, 0.3) is 11.6 Å². The first-order chi connectivity index (χ1) is 15.3. The van der Waals surface area contributed by atoms with E-state index in [1.165, 1.54) is 22.8 Å². The van der Waals surface area contributed by atoms with Gasteiger partial charge in [-0.25, -0.2) is 4.79 Å². The number of anilines is 1. The summed E-state index contributed by atoms with van der Waals surface area (Å²) in [5.74, 6) is -0.922. The number of hydrogen-bond donors (Lipinski definition) is 1. The van der Waals surface area contributed by atoms with E-state index >= 15 is 0 Å². The van der Waals surface area contributed by atoms with Crippen LogP contribution in [0.2, 0.25) is 0 Å². The highest BCUT2D eigenvalue weighted by Crippen LogP contribution is 2.20. The van der Waals surface area contributed by atoms with Crippen molar-refractivity contribution < 1.29 is 18.9 Å². The van der Waals surface area contributed by atoms with Crippen LogP contribution in [0.25, 0.3) is 11.1 Å². The molecule has 10 heteroatoms. The van der Waals surface area contributed by atoms with Crippen LogP contribution in [0.5, 0.6) is 0 Å². The van der Waals surface area contributed by atoms with Crippen LogP contribution in [0.15, 0.2) is 51.7 Å². The van der Waals surface area contributed by atoms with Gasteiger partial charge in [0, 0.05) is 43.4 Å². The van der Waals surface area contributed by atoms with Gasteiger partial charge in [0.05, 0.1) is 16.5 Å². The molecular weight excluding hydrogens is 416 g/mol. The Hall–Kier alpha value is -3.95. The van der Waals surface area contributed by atoms with Crippen LogP contribution in [-0.2, 0) is 11.3 Å². The average molecular weight is 440 g/mol. The molecule has 0 aliphatic carbocycles. The van der Waals surface area contributed by atoms with Crippen LogP contribution in [-0.4, -0.2) is 39.3 Å². The molecule has 1 aromatic heterocycles. The number of rotatable bonds is 9. The molecule has 0 saturated heterocycles. The van der Waals surface area contributed by atoms with Gasteiger partial charge in [-0.05, 0) is 50.6 Å². The molecule has 0 bridgehead atoms. The van der Waals surface area contributed by atoms with Gasteiger partial charge in [-0.3, -0.25) is 24.3 Å². The van der Waals surface area contributed by atoms with Crippen LogP contribution in [0, 0.1) is 10.1 Å². The first kappa shape index (κ1) is 22.7. The monoisotopic (exact) mass is 440 g/mol. The molecule has 0 aliphatic heterocycles. The van der Waals surface area contributed by atoms with Crippen molar-refractivity contribution in [3.63, 3.8) is 0 Å². The lowest BCUT2D eigenvalue weighted by Crippen LogP contribution is -2.30. The summed E-state index contributed by atoms with van der Waals surface area (Å²) in [5, 5.41) is 13.6. The minimum absolute atomic E-state index is 0.0593. The third-order valence-electron chi connectivity index (χ3n) is 5.11. The molecule has 1 N–H and O–H groups in total. The number of non-ortho nitro benzene ring substituents is 1. The molecule has 168 valence electrons. The number of aryl methyl sites for hydroxylation is 1. The van der Waals surface area contributed by atoms with Gasteiger partial charge in [0.15, 0.2) is 5.58 Å². The third kappa shape index (κ3) is 5.02. The number of nitrogens with zero attached hydrogens (tertiary/aromatic N) is 3.